The van der Waals surface area contributed by atoms with Crippen LogP contribution in [0.5, 0.6) is 5.75 Å². The quantitative estimate of drug-likeness (QED) is 0.799. The molecule has 1 atom stereocenters. The zero-order valence-corrected chi connectivity index (χ0v) is 14.9. The van der Waals surface area contributed by atoms with Crippen molar-refractivity contribution in [3.8, 4) is 5.75 Å². The van der Waals surface area contributed by atoms with Gasteiger partial charge in [-0.05, 0) is 36.8 Å². The summed E-state index contributed by atoms with van der Waals surface area (Å²) in [5.74, 6) is -0.540. The Labute approximate surface area is 152 Å². The Morgan fingerprint density at radius 1 is 1.24 bits per heavy atom. The predicted octanol–water partition coefficient (Wildman–Crippen LogP) is 2.52. The highest BCUT2D eigenvalue weighted by Crippen LogP contribution is 2.29. The van der Waals surface area contributed by atoms with E-state index in [2.05, 4.69) is 10.7 Å². The third-order valence-electron chi connectivity index (χ3n) is 3.87. The van der Waals surface area contributed by atoms with Crippen LogP contribution >= 0.6 is 22.9 Å². The smallest absolute Gasteiger partial charge is 0.344 e. The Kier molecular flexibility index (Phi) is 4.40. The minimum atomic E-state index is -1.29. The molecule has 0 aliphatic carbocycles. The summed E-state index contributed by atoms with van der Waals surface area (Å²) >= 11 is 6.85. The average molecular weight is 380 g/mol. The van der Waals surface area contributed by atoms with E-state index in [1.54, 1.807) is 37.3 Å². The van der Waals surface area contributed by atoms with Crippen molar-refractivity contribution in [1.82, 2.24) is 15.8 Å². The van der Waals surface area contributed by atoms with Gasteiger partial charge < -0.3 is 10.1 Å². The summed E-state index contributed by atoms with van der Waals surface area (Å²) in [4.78, 5) is 37.4. The lowest BCUT2D eigenvalue weighted by Gasteiger charge is -2.22. The van der Waals surface area contributed by atoms with E-state index in [1.807, 2.05) is 0 Å². The van der Waals surface area contributed by atoms with Crippen LogP contribution in [0.4, 0.5) is 4.79 Å². The number of urea groups is 1. The maximum absolute atomic E-state index is 12.7. The van der Waals surface area contributed by atoms with E-state index >= 15 is 0 Å². The molecular weight excluding hydrogens is 366 g/mol. The van der Waals surface area contributed by atoms with Crippen LogP contribution in [-0.4, -0.2) is 30.0 Å². The molecule has 2 aromatic rings. The molecule has 1 aliphatic heterocycles. The number of halogens is 1. The number of rotatable bonds is 4. The van der Waals surface area contributed by atoms with E-state index in [-0.39, 0.29) is 0 Å². The van der Waals surface area contributed by atoms with Crippen molar-refractivity contribution in [2.45, 2.75) is 12.5 Å². The number of hydrogen-bond donors (Lipinski definition) is 2. The second kappa shape index (κ2) is 6.38. The molecule has 3 rings (SSSR count). The van der Waals surface area contributed by atoms with Gasteiger partial charge in [0.1, 0.15) is 11.3 Å². The number of nitrogens with one attached hydrogen (secondary N) is 2. The normalized spacial score (nSPS) is 19.7. The van der Waals surface area contributed by atoms with Crippen LogP contribution in [0.3, 0.4) is 0 Å². The molecule has 1 aromatic heterocycles. The van der Waals surface area contributed by atoms with Crippen LogP contribution in [0.25, 0.3) is 0 Å². The van der Waals surface area contributed by atoms with Gasteiger partial charge in [-0.2, -0.15) is 5.01 Å². The number of thiophene rings is 1. The molecule has 4 amide bonds. The second-order valence-corrected chi connectivity index (χ2v) is 7.18. The van der Waals surface area contributed by atoms with E-state index in [0.717, 1.165) is 11.3 Å². The summed E-state index contributed by atoms with van der Waals surface area (Å²) in [5, 5.41) is 3.29. The molecule has 0 bridgehead atoms. The van der Waals surface area contributed by atoms with E-state index in [0.29, 0.717) is 25.5 Å². The van der Waals surface area contributed by atoms with E-state index in [9.17, 15) is 14.4 Å². The molecule has 130 valence electrons. The van der Waals surface area contributed by atoms with Gasteiger partial charge in [0.25, 0.3) is 11.8 Å². The summed E-state index contributed by atoms with van der Waals surface area (Å²) in [6.45, 7) is 1.57. The summed E-state index contributed by atoms with van der Waals surface area (Å²) in [7, 11) is 1.54. The molecule has 1 fully saturated rings. The second-order valence-electron chi connectivity index (χ2n) is 5.47. The summed E-state index contributed by atoms with van der Waals surface area (Å²) in [6.07, 6.45) is 0. The number of imide groups is 1. The minimum absolute atomic E-state index is 0.295. The maximum Gasteiger partial charge on any atom is 0.344 e. The van der Waals surface area contributed by atoms with Gasteiger partial charge in [-0.25, -0.2) is 4.79 Å². The van der Waals surface area contributed by atoms with Crippen LogP contribution in [0.15, 0.2) is 36.4 Å². The molecule has 25 heavy (non-hydrogen) atoms. The number of hydrazine groups is 1. The monoisotopic (exact) mass is 379 g/mol. The number of benzene rings is 1. The highest BCUT2D eigenvalue weighted by molar-refractivity contribution is 7.18. The topological polar surface area (TPSA) is 87.7 Å². The van der Waals surface area contributed by atoms with Crippen molar-refractivity contribution < 1.29 is 19.1 Å². The standard InChI is InChI=1S/C16H14ClN3O4S/c1-16(9-3-5-10(24-2)6-4-9)14(22)20(15(23)18-16)19-13(21)11-7-8-12(17)25-11/h3-8H,1-2H3,(H,18,23)(H,19,21)/t16-/m1/s1. The summed E-state index contributed by atoms with van der Waals surface area (Å²) in [5.41, 5.74) is 1.60. The molecule has 2 heterocycles. The lowest BCUT2D eigenvalue weighted by molar-refractivity contribution is -0.132. The predicted molar refractivity (Wildman–Crippen MR) is 92.5 cm³/mol. The number of ether oxygens (including phenoxy) is 1. The molecule has 0 spiro atoms. The van der Waals surface area contributed by atoms with Gasteiger partial charge in [0.05, 0.1) is 16.3 Å². The summed E-state index contributed by atoms with van der Waals surface area (Å²) in [6, 6.07) is 9.11. The first-order valence-corrected chi connectivity index (χ1v) is 8.42. The van der Waals surface area contributed by atoms with Gasteiger partial charge in [0, 0.05) is 0 Å². The van der Waals surface area contributed by atoms with Gasteiger partial charge in [-0.3, -0.25) is 15.0 Å². The van der Waals surface area contributed by atoms with Crippen molar-refractivity contribution >= 4 is 40.8 Å². The molecule has 1 aliphatic rings. The molecule has 1 saturated heterocycles. The molecular formula is C16H14ClN3O4S. The van der Waals surface area contributed by atoms with Crippen molar-refractivity contribution in [1.29, 1.82) is 0 Å². The first kappa shape index (κ1) is 17.2. The number of methoxy groups -OCH3 is 1. The Balaban J connectivity index is 1.82. The zero-order chi connectivity index (χ0) is 18.2. The number of hydrogen-bond acceptors (Lipinski definition) is 5. The molecule has 0 unspecified atom stereocenters. The van der Waals surface area contributed by atoms with Crippen molar-refractivity contribution in [3.05, 3.63) is 51.2 Å². The Bertz CT molecular complexity index is 851. The lowest BCUT2D eigenvalue weighted by atomic mass is 9.92. The van der Waals surface area contributed by atoms with E-state index in [4.69, 9.17) is 16.3 Å². The van der Waals surface area contributed by atoms with Crippen molar-refractivity contribution in [2.24, 2.45) is 0 Å². The number of nitrogens with zero attached hydrogens (tertiary/aromatic N) is 1. The number of carbonyl (C=O) groups is 3. The highest BCUT2D eigenvalue weighted by atomic mass is 35.5. The zero-order valence-electron chi connectivity index (χ0n) is 13.3. The van der Waals surface area contributed by atoms with E-state index < -0.39 is 23.4 Å². The molecule has 9 heteroatoms. The van der Waals surface area contributed by atoms with Crippen LogP contribution in [0.1, 0.15) is 22.2 Å². The first-order valence-electron chi connectivity index (χ1n) is 7.22. The largest absolute Gasteiger partial charge is 0.497 e. The van der Waals surface area contributed by atoms with Crippen LogP contribution < -0.4 is 15.5 Å². The van der Waals surface area contributed by atoms with E-state index in [1.165, 1.54) is 13.2 Å². The maximum atomic E-state index is 12.7. The van der Waals surface area contributed by atoms with Gasteiger partial charge in [0.15, 0.2) is 0 Å². The van der Waals surface area contributed by atoms with Gasteiger partial charge >= 0.3 is 6.03 Å². The Hall–Kier alpha value is -2.58. The number of carbonyl (C=O) groups excluding carboxylic acids is 3. The third-order valence-corrected chi connectivity index (χ3v) is 5.10. The Morgan fingerprint density at radius 2 is 1.92 bits per heavy atom. The van der Waals surface area contributed by atoms with Gasteiger partial charge in [-0.15, -0.1) is 11.3 Å². The molecule has 7 nitrogen and oxygen atoms in total. The third kappa shape index (κ3) is 3.06. The van der Waals surface area contributed by atoms with Crippen LogP contribution in [0, 0.1) is 0 Å². The van der Waals surface area contributed by atoms with Crippen LogP contribution in [0.2, 0.25) is 4.34 Å². The SMILES string of the molecule is COc1ccc([C@@]2(C)NC(=O)N(NC(=O)c3ccc(Cl)s3)C2=O)cc1. The van der Waals surface area contributed by atoms with Crippen molar-refractivity contribution in [2.75, 3.05) is 7.11 Å². The fourth-order valence-corrected chi connectivity index (χ4v) is 3.39. The molecule has 1 aromatic carbocycles. The van der Waals surface area contributed by atoms with Crippen molar-refractivity contribution in [3.63, 3.8) is 0 Å². The first-order chi connectivity index (χ1) is 11.8. The highest BCUT2D eigenvalue weighted by Gasteiger charge is 2.50. The average Bonchev–Trinajstić information content (AvgIpc) is 3.13. The molecule has 0 radical (unpaired) electrons. The lowest BCUT2D eigenvalue weighted by Crippen LogP contribution is -2.47. The van der Waals surface area contributed by atoms with Crippen LogP contribution in [-0.2, 0) is 10.3 Å². The van der Waals surface area contributed by atoms with Gasteiger partial charge in [-0.1, -0.05) is 23.7 Å². The fraction of sp³-hybridized carbons (Fsp3) is 0.188. The Morgan fingerprint density at radius 3 is 2.48 bits per heavy atom. The van der Waals surface area contributed by atoms with Gasteiger partial charge in [0.2, 0.25) is 0 Å². The molecule has 2 N–H and O–H groups in total. The minimum Gasteiger partial charge on any atom is -0.497 e. The fourth-order valence-electron chi connectivity index (χ4n) is 2.45. The number of amides is 4. The summed E-state index contributed by atoms with van der Waals surface area (Å²) < 4.78 is 5.52. The molecule has 0 saturated carbocycles.